The molecule has 1 N–H and O–H groups in total. The smallest absolute Gasteiger partial charge is 0.257 e. The Hall–Kier alpha value is -3.07. The van der Waals surface area contributed by atoms with Crippen LogP contribution < -0.4 is 14.2 Å². The first-order valence-electron chi connectivity index (χ1n) is 12.6. The van der Waals surface area contributed by atoms with Gasteiger partial charge in [0, 0.05) is 25.2 Å². The van der Waals surface area contributed by atoms with Crippen LogP contribution in [0.4, 0.5) is 5.95 Å². The van der Waals surface area contributed by atoms with Gasteiger partial charge < -0.3 is 18.9 Å². The molecule has 0 aromatic carbocycles. The molecule has 0 fully saturated rings. The molecule has 4 rings (SSSR count). The van der Waals surface area contributed by atoms with Gasteiger partial charge in [-0.15, -0.1) is 10.2 Å². The Labute approximate surface area is 232 Å². The average molecular weight is 582 g/mol. The van der Waals surface area contributed by atoms with Crippen molar-refractivity contribution in [1.82, 2.24) is 29.7 Å². The fourth-order valence-electron chi connectivity index (χ4n) is 4.03. The number of aromatic nitrogens is 6. The van der Waals surface area contributed by atoms with E-state index in [0.29, 0.717) is 41.3 Å². The van der Waals surface area contributed by atoms with Gasteiger partial charge in [0.05, 0.1) is 35.9 Å². The van der Waals surface area contributed by atoms with Gasteiger partial charge in [-0.05, 0) is 40.7 Å². The summed E-state index contributed by atoms with van der Waals surface area (Å²) in [6.45, 7) is 10.1. The second kappa shape index (κ2) is 12.4. The zero-order valence-electron chi connectivity index (χ0n) is 22.4. The van der Waals surface area contributed by atoms with E-state index >= 15 is 0 Å². The maximum atomic E-state index is 13.7. The molecule has 0 saturated carbocycles. The van der Waals surface area contributed by atoms with Crippen molar-refractivity contribution >= 4 is 27.6 Å². The summed E-state index contributed by atoms with van der Waals surface area (Å²) in [4.78, 5) is 12.7. The minimum atomic E-state index is -4.10. The molecule has 0 saturated heterocycles. The predicted octanol–water partition coefficient (Wildman–Crippen LogP) is 3.45. The minimum Gasteiger partial charge on any atom is -0.485 e. The Morgan fingerprint density at radius 1 is 1.15 bits per heavy atom. The van der Waals surface area contributed by atoms with Gasteiger partial charge >= 0.3 is 0 Å². The molecule has 4 heterocycles. The largest absolute Gasteiger partial charge is 0.485 e. The van der Waals surface area contributed by atoms with E-state index in [4.69, 9.17) is 30.5 Å². The van der Waals surface area contributed by atoms with Crippen LogP contribution in [0.25, 0.3) is 11.4 Å². The van der Waals surface area contributed by atoms with Crippen LogP contribution in [-0.4, -0.2) is 75.9 Å². The summed E-state index contributed by atoms with van der Waals surface area (Å²) >= 11 is 5.93. The standard InChI is InChI=1S/C24H32ClN7O6S/c1-6-35-12-17-13-37-20-18(8-9-26-23(20)36-7-2)22-29-30-24(32(17)22)31-39(33,34)15(5)19(38-14(3)4)21-27-10-16(25)11-28-21/h8-11,14-15,17,19H,6-7,12-13H2,1-5H3,(H,30,31)/t15?,17-,19?/m1/s1. The molecule has 0 amide bonds. The number of hydrogen-bond donors (Lipinski definition) is 1. The molecule has 0 spiro atoms. The number of sulfonamides is 1. The Kier molecular flexibility index (Phi) is 9.20. The lowest BCUT2D eigenvalue weighted by Crippen LogP contribution is -2.35. The van der Waals surface area contributed by atoms with E-state index < -0.39 is 27.4 Å². The number of nitrogens with one attached hydrogen (secondary N) is 1. The molecule has 3 atom stereocenters. The van der Waals surface area contributed by atoms with E-state index in [1.165, 1.54) is 19.3 Å². The predicted molar refractivity (Wildman–Crippen MR) is 143 cm³/mol. The summed E-state index contributed by atoms with van der Waals surface area (Å²) in [5.41, 5.74) is 0.564. The monoisotopic (exact) mass is 581 g/mol. The molecular formula is C24H32ClN7O6S. The number of nitrogens with zero attached hydrogens (tertiary/aromatic N) is 6. The molecule has 1 aliphatic heterocycles. The van der Waals surface area contributed by atoms with E-state index in [-0.39, 0.29) is 31.1 Å². The van der Waals surface area contributed by atoms with Gasteiger partial charge in [0.25, 0.3) is 5.88 Å². The van der Waals surface area contributed by atoms with Crippen molar-refractivity contribution in [3.8, 4) is 23.0 Å². The molecular weight excluding hydrogens is 550 g/mol. The number of rotatable bonds is 12. The van der Waals surface area contributed by atoms with Crippen LogP contribution in [0.2, 0.25) is 5.02 Å². The van der Waals surface area contributed by atoms with Crippen LogP contribution in [0.3, 0.4) is 0 Å². The fraction of sp³-hybridized carbons (Fsp3) is 0.542. The molecule has 0 aliphatic carbocycles. The lowest BCUT2D eigenvalue weighted by atomic mass is 10.2. The summed E-state index contributed by atoms with van der Waals surface area (Å²) in [5.74, 6) is 1.30. The molecule has 0 radical (unpaired) electrons. The maximum absolute atomic E-state index is 13.7. The number of fused-ring (bicyclic) bond motifs is 3. The zero-order valence-corrected chi connectivity index (χ0v) is 23.9. The average Bonchev–Trinajstić information content (AvgIpc) is 3.22. The maximum Gasteiger partial charge on any atom is 0.257 e. The number of pyridine rings is 1. The third kappa shape index (κ3) is 6.40. The molecule has 1 aliphatic rings. The highest BCUT2D eigenvalue weighted by atomic mass is 35.5. The SMILES string of the molecule is CCOC[C@@H]1COc2c(ccnc2OCC)-c2nnc(NS(=O)(=O)C(C)C(OC(C)C)c3ncc(Cl)cn3)n21. The number of anilines is 1. The number of hydrogen-bond acceptors (Lipinski definition) is 11. The van der Waals surface area contributed by atoms with E-state index in [1.807, 2.05) is 13.8 Å². The van der Waals surface area contributed by atoms with Gasteiger partial charge in [-0.2, -0.15) is 0 Å². The minimum absolute atomic E-state index is 0.00750. The second-order valence-electron chi connectivity index (χ2n) is 8.98. The molecule has 13 nitrogen and oxygen atoms in total. The van der Waals surface area contributed by atoms with Gasteiger partial charge in [0.2, 0.25) is 16.0 Å². The Balaban J connectivity index is 1.73. The zero-order chi connectivity index (χ0) is 28.2. The van der Waals surface area contributed by atoms with Crippen molar-refractivity contribution < 1.29 is 27.4 Å². The highest BCUT2D eigenvalue weighted by Crippen LogP contribution is 2.41. The number of halogens is 1. The summed E-state index contributed by atoms with van der Waals surface area (Å²) in [6, 6.07) is 1.26. The van der Waals surface area contributed by atoms with Gasteiger partial charge in [-0.25, -0.2) is 23.4 Å². The summed E-state index contributed by atoms with van der Waals surface area (Å²) in [6.07, 6.45) is 3.09. The van der Waals surface area contributed by atoms with E-state index in [0.717, 1.165) is 0 Å². The van der Waals surface area contributed by atoms with Gasteiger partial charge in [0.15, 0.2) is 17.4 Å². The second-order valence-corrected chi connectivity index (χ2v) is 11.5. The first-order valence-corrected chi connectivity index (χ1v) is 14.5. The normalized spacial score (nSPS) is 16.5. The lowest BCUT2D eigenvalue weighted by molar-refractivity contribution is 0.00154. The molecule has 212 valence electrons. The lowest BCUT2D eigenvalue weighted by Gasteiger charge is -2.26. The Morgan fingerprint density at radius 2 is 1.90 bits per heavy atom. The first-order chi connectivity index (χ1) is 18.7. The third-order valence-electron chi connectivity index (χ3n) is 5.85. The molecule has 0 bridgehead atoms. The summed E-state index contributed by atoms with van der Waals surface area (Å²) in [7, 11) is -4.10. The Bertz CT molecular complexity index is 1370. The van der Waals surface area contributed by atoms with Gasteiger partial charge in [-0.3, -0.25) is 9.29 Å². The van der Waals surface area contributed by atoms with E-state index in [1.54, 1.807) is 30.7 Å². The molecule has 15 heteroatoms. The van der Waals surface area contributed by atoms with Crippen LogP contribution in [0.5, 0.6) is 11.6 Å². The van der Waals surface area contributed by atoms with Crippen molar-refractivity contribution in [2.45, 2.75) is 58.1 Å². The van der Waals surface area contributed by atoms with Crippen LogP contribution in [0.1, 0.15) is 52.6 Å². The number of ether oxygens (including phenoxy) is 4. The third-order valence-corrected chi connectivity index (χ3v) is 7.74. The fourth-order valence-corrected chi connectivity index (χ4v) is 5.22. The van der Waals surface area contributed by atoms with Crippen molar-refractivity contribution in [1.29, 1.82) is 0 Å². The van der Waals surface area contributed by atoms with Gasteiger partial charge in [-0.1, -0.05) is 11.6 Å². The van der Waals surface area contributed by atoms with E-state index in [9.17, 15) is 8.42 Å². The van der Waals surface area contributed by atoms with Crippen LogP contribution in [-0.2, 0) is 19.5 Å². The van der Waals surface area contributed by atoms with Crippen LogP contribution in [0.15, 0.2) is 24.7 Å². The summed E-state index contributed by atoms with van der Waals surface area (Å²) in [5, 5.41) is 7.74. The van der Waals surface area contributed by atoms with Crippen LogP contribution in [0, 0.1) is 0 Å². The van der Waals surface area contributed by atoms with Crippen LogP contribution >= 0.6 is 11.6 Å². The molecule has 3 aromatic rings. The first kappa shape index (κ1) is 28.9. The Morgan fingerprint density at radius 3 is 2.56 bits per heavy atom. The highest BCUT2D eigenvalue weighted by molar-refractivity contribution is 7.93. The van der Waals surface area contributed by atoms with Crippen molar-refractivity contribution in [3.63, 3.8) is 0 Å². The van der Waals surface area contributed by atoms with Crippen molar-refractivity contribution in [2.75, 3.05) is 31.1 Å². The molecule has 2 unspecified atom stereocenters. The highest BCUT2D eigenvalue weighted by Gasteiger charge is 2.37. The van der Waals surface area contributed by atoms with Crippen molar-refractivity contribution in [2.24, 2.45) is 0 Å². The van der Waals surface area contributed by atoms with Crippen molar-refractivity contribution in [3.05, 3.63) is 35.5 Å². The molecule has 39 heavy (non-hydrogen) atoms. The van der Waals surface area contributed by atoms with E-state index in [2.05, 4.69) is 29.9 Å². The topological polar surface area (TPSA) is 152 Å². The van der Waals surface area contributed by atoms with Gasteiger partial charge in [0.1, 0.15) is 18.0 Å². The summed E-state index contributed by atoms with van der Waals surface area (Å²) < 4.78 is 55.0. The quantitative estimate of drug-likeness (QED) is 0.334. The molecule has 3 aromatic heterocycles.